The Kier molecular flexibility index (Phi) is 3.84. The zero-order valence-electron chi connectivity index (χ0n) is 10.5. The smallest absolute Gasteiger partial charge is 0.323 e. The van der Waals surface area contributed by atoms with Crippen LogP contribution in [-0.2, 0) is 0 Å². The molecule has 1 unspecified atom stereocenters. The molecular formula is C14H9BrCl2N2O2. The second-order valence-electron chi connectivity index (χ2n) is 4.57. The molecule has 0 amide bonds. The van der Waals surface area contributed by atoms with E-state index >= 15 is 0 Å². The van der Waals surface area contributed by atoms with Crippen molar-refractivity contribution in [3.05, 3.63) is 66.5 Å². The van der Waals surface area contributed by atoms with Gasteiger partial charge in [-0.05, 0) is 24.3 Å². The molecule has 21 heavy (non-hydrogen) atoms. The van der Waals surface area contributed by atoms with E-state index in [1.165, 1.54) is 0 Å². The van der Waals surface area contributed by atoms with Crippen molar-refractivity contribution in [1.82, 2.24) is 9.97 Å². The summed E-state index contributed by atoms with van der Waals surface area (Å²) in [6.45, 7) is 0. The number of nitrogens with one attached hydrogen (secondary N) is 2. The van der Waals surface area contributed by atoms with Crippen molar-refractivity contribution in [2.45, 2.75) is 6.10 Å². The molecule has 3 N–H and O–H groups in total. The highest BCUT2D eigenvalue weighted by molar-refractivity contribution is 9.10. The fraction of sp³-hybridized carbons (Fsp3) is 0.0714. The average Bonchev–Trinajstić information content (AvgIpc) is 2.76. The fourth-order valence-corrected chi connectivity index (χ4v) is 3.25. The number of benzene rings is 2. The molecule has 0 bridgehead atoms. The normalized spacial score (nSPS) is 12.8. The maximum Gasteiger partial charge on any atom is 0.323 e. The van der Waals surface area contributed by atoms with Crippen LogP contribution in [0.4, 0.5) is 0 Å². The summed E-state index contributed by atoms with van der Waals surface area (Å²) in [7, 11) is 0. The number of H-pyrrole nitrogens is 2. The molecule has 0 radical (unpaired) electrons. The van der Waals surface area contributed by atoms with Gasteiger partial charge in [0.05, 0.1) is 11.0 Å². The number of halogens is 3. The van der Waals surface area contributed by atoms with Gasteiger partial charge in [-0.25, -0.2) is 4.79 Å². The number of rotatable bonds is 2. The zero-order chi connectivity index (χ0) is 15.1. The lowest BCUT2D eigenvalue weighted by Gasteiger charge is -2.15. The second-order valence-corrected chi connectivity index (χ2v) is 6.26. The van der Waals surface area contributed by atoms with E-state index < -0.39 is 6.10 Å². The van der Waals surface area contributed by atoms with Gasteiger partial charge in [0.2, 0.25) is 0 Å². The monoisotopic (exact) mass is 386 g/mol. The molecule has 2 aromatic carbocycles. The Labute approximate surface area is 137 Å². The molecule has 4 nitrogen and oxygen atoms in total. The van der Waals surface area contributed by atoms with Gasteiger partial charge in [-0.2, -0.15) is 0 Å². The molecule has 0 saturated carbocycles. The summed E-state index contributed by atoms with van der Waals surface area (Å²) in [6.07, 6.45) is -0.938. The fourth-order valence-electron chi connectivity index (χ4n) is 2.17. The number of hydrogen-bond acceptors (Lipinski definition) is 2. The Hall–Kier alpha value is -1.27. The minimum absolute atomic E-state index is 0.298. The number of imidazole rings is 1. The third-order valence-electron chi connectivity index (χ3n) is 3.18. The van der Waals surface area contributed by atoms with Gasteiger partial charge in [-0.1, -0.05) is 45.2 Å². The van der Waals surface area contributed by atoms with E-state index in [0.717, 1.165) is 0 Å². The first kappa shape index (κ1) is 14.7. The largest absolute Gasteiger partial charge is 0.384 e. The van der Waals surface area contributed by atoms with Crippen LogP contribution in [0, 0.1) is 0 Å². The number of aliphatic hydroxyl groups excluding tert-OH is 1. The third-order valence-corrected chi connectivity index (χ3v) is 4.43. The van der Waals surface area contributed by atoms with Crippen LogP contribution in [-0.4, -0.2) is 15.1 Å². The second kappa shape index (κ2) is 5.50. The van der Waals surface area contributed by atoms with E-state index in [0.29, 0.717) is 36.7 Å². The molecule has 7 heteroatoms. The molecule has 1 atom stereocenters. The average molecular weight is 388 g/mol. The van der Waals surface area contributed by atoms with Crippen molar-refractivity contribution >= 4 is 50.2 Å². The van der Waals surface area contributed by atoms with Crippen LogP contribution in [0.3, 0.4) is 0 Å². The molecule has 0 aliphatic heterocycles. The summed E-state index contributed by atoms with van der Waals surface area (Å²) in [4.78, 5) is 16.6. The van der Waals surface area contributed by atoms with Crippen LogP contribution in [0.15, 0.2) is 39.6 Å². The highest BCUT2D eigenvalue weighted by Gasteiger charge is 2.18. The molecule has 3 rings (SSSR count). The molecular weight excluding hydrogens is 379 g/mol. The molecule has 1 heterocycles. The first-order valence-electron chi connectivity index (χ1n) is 6.00. The summed E-state index contributed by atoms with van der Waals surface area (Å²) in [5.74, 6) is 0. The number of fused-ring (bicyclic) bond motifs is 1. The van der Waals surface area contributed by atoms with E-state index in [2.05, 4.69) is 25.9 Å². The van der Waals surface area contributed by atoms with Gasteiger partial charge in [0.1, 0.15) is 6.10 Å². The summed E-state index contributed by atoms with van der Waals surface area (Å²) >= 11 is 15.4. The van der Waals surface area contributed by atoms with Crippen LogP contribution >= 0.6 is 39.1 Å². The van der Waals surface area contributed by atoms with Crippen molar-refractivity contribution in [3.63, 3.8) is 0 Å². The quantitative estimate of drug-likeness (QED) is 0.621. The van der Waals surface area contributed by atoms with Crippen LogP contribution in [0.5, 0.6) is 0 Å². The number of aromatic amines is 2. The number of aromatic nitrogens is 2. The van der Waals surface area contributed by atoms with E-state index in [1.54, 1.807) is 30.3 Å². The molecule has 0 aliphatic rings. The van der Waals surface area contributed by atoms with Crippen LogP contribution in [0.2, 0.25) is 10.0 Å². The van der Waals surface area contributed by atoms with Gasteiger partial charge in [-0.15, -0.1) is 0 Å². The molecule has 0 spiro atoms. The highest BCUT2D eigenvalue weighted by atomic mass is 79.9. The Morgan fingerprint density at radius 2 is 1.71 bits per heavy atom. The van der Waals surface area contributed by atoms with Gasteiger partial charge in [0.15, 0.2) is 0 Å². The summed E-state index contributed by atoms with van der Waals surface area (Å²) in [5, 5.41) is 11.4. The summed E-state index contributed by atoms with van der Waals surface area (Å²) < 4.78 is 0.670. The van der Waals surface area contributed by atoms with E-state index in [4.69, 9.17) is 23.2 Å². The third kappa shape index (κ3) is 2.74. The van der Waals surface area contributed by atoms with E-state index in [1.807, 2.05) is 0 Å². The maximum atomic E-state index is 11.3. The predicted octanol–water partition coefficient (Wildman–Crippen LogP) is 4.01. The lowest BCUT2D eigenvalue weighted by Crippen LogP contribution is -2.02. The lowest BCUT2D eigenvalue weighted by molar-refractivity contribution is 0.220. The molecule has 1 aromatic heterocycles. The SMILES string of the molecule is O=c1[nH]c2cc(Br)c(C(O)c3ccc(Cl)cc3Cl)cc2[nH]1. The van der Waals surface area contributed by atoms with Crippen LogP contribution in [0.25, 0.3) is 11.0 Å². The minimum atomic E-state index is -0.938. The molecule has 0 aliphatic carbocycles. The van der Waals surface area contributed by atoms with E-state index in [-0.39, 0.29) is 5.69 Å². The maximum absolute atomic E-state index is 11.3. The van der Waals surface area contributed by atoms with Gasteiger partial charge in [0.25, 0.3) is 0 Å². The molecule has 108 valence electrons. The Balaban J connectivity index is 2.14. The van der Waals surface area contributed by atoms with Gasteiger partial charge < -0.3 is 15.1 Å². The first-order valence-corrected chi connectivity index (χ1v) is 7.55. The highest BCUT2D eigenvalue weighted by Crippen LogP contribution is 2.35. The van der Waals surface area contributed by atoms with Crippen molar-refractivity contribution < 1.29 is 5.11 Å². The standard InChI is InChI=1S/C14H9BrCl2N2O2/c15-9-5-12-11(18-14(21)19-12)4-8(9)13(20)7-2-1-6(16)3-10(7)17/h1-5,13,20H,(H2,18,19,21). The Morgan fingerprint density at radius 3 is 2.38 bits per heavy atom. The van der Waals surface area contributed by atoms with Crippen molar-refractivity contribution in [3.8, 4) is 0 Å². The van der Waals surface area contributed by atoms with Gasteiger partial charge in [-0.3, -0.25) is 0 Å². The van der Waals surface area contributed by atoms with Crippen molar-refractivity contribution in [2.75, 3.05) is 0 Å². The zero-order valence-corrected chi connectivity index (χ0v) is 13.6. The Morgan fingerprint density at radius 1 is 1.05 bits per heavy atom. The van der Waals surface area contributed by atoms with Crippen LogP contribution in [0.1, 0.15) is 17.2 Å². The predicted molar refractivity (Wildman–Crippen MR) is 87.1 cm³/mol. The first-order chi connectivity index (χ1) is 9.95. The van der Waals surface area contributed by atoms with Crippen molar-refractivity contribution in [2.24, 2.45) is 0 Å². The van der Waals surface area contributed by atoms with E-state index in [9.17, 15) is 9.90 Å². The Bertz CT molecular complexity index is 888. The topological polar surface area (TPSA) is 68.9 Å². The summed E-state index contributed by atoms with van der Waals surface area (Å²) in [5.41, 5.74) is 2.11. The summed E-state index contributed by atoms with van der Waals surface area (Å²) in [6, 6.07) is 8.34. The molecule has 0 fully saturated rings. The van der Waals surface area contributed by atoms with Gasteiger partial charge >= 0.3 is 5.69 Å². The molecule has 3 aromatic rings. The lowest BCUT2D eigenvalue weighted by atomic mass is 10.0. The number of aliphatic hydroxyl groups is 1. The minimum Gasteiger partial charge on any atom is -0.384 e. The van der Waals surface area contributed by atoms with Crippen LogP contribution < -0.4 is 5.69 Å². The van der Waals surface area contributed by atoms with Crippen molar-refractivity contribution in [1.29, 1.82) is 0 Å². The van der Waals surface area contributed by atoms with Gasteiger partial charge in [0, 0.05) is 25.6 Å². The molecule has 0 saturated heterocycles. The number of hydrogen-bond donors (Lipinski definition) is 3.